The molecule has 5 N–H and O–H groups in total. The van der Waals surface area contributed by atoms with Crippen molar-refractivity contribution in [3.8, 4) is 0 Å². The Morgan fingerprint density at radius 2 is 1.96 bits per heavy atom. The van der Waals surface area contributed by atoms with Gasteiger partial charge in [0.1, 0.15) is 24.5 Å². The molecule has 0 bridgehead atoms. The van der Waals surface area contributed by atoms with Crippen molar-refractivity contribution < 1.29 is 20.1 Å². The van der Waals surface area contributed by atoms with E-state index in [0.717, 1.165) is 13.0 Å². The molecule has 4 fully saturated rings. The van der Waals surface area contributed by atoms with E-state index in [1.165, 1.54) is 0 Å². The number of ether oxygens (including phenoxy) is 1. The molecule has 25 heavy (non-hydrogen) atoms. The lowest BCUT2D eigenvalue weighted by Crippen LogP contribution is -2.67. The van der Waals surface area contributed by atoms with Gasteiger partial charge in [-0.25, -0.2) is 0 Å². The lowest BCUT2D eigenvalue weighted by Gasteiger charge is -2.45. The van der Waals surface area contributed by atoms with Gasteiger partial charge < -0.3 is 25.0 Å². The number of aliphatic hydroxyl groups is 3. The summed E-state index contributed by atoms with van der Waals surface area (Å²) in [6.07, 6.45) is -2.13. The number of nitrogens with one attached hydrogen (secondary N) is 2. The molecule has 4 rings (SSSR count). The molecule has 4 saturated heterocycles. The monoisotopic (exact) mass is 357 g/mol. The van der Waals surface area contributed by atoms with Crippen molar-refractivity contribution in [3.05, 3.63) is 0 Å². The van der Waals surface area contributed by atoms with E-state index in [9.17, 15) is 15.3 Å². The highest BCUT2D eigenvalue weighted by Crippen LogP contribution is 2.44. The first-order valence-corrected chi connectivity index (χ1v) is 9.19. The number of likely N-dealkylation sites (tertiary alicyclic amines) is 2. The lowest BCUT2D eigenvalue weighted by molar-refractivity contribution is -0.127. The molecule has 9 heteroatoms. The van der Waals surface area contributed by atoms with Crippen molar-refractivity contribution in [2.45, 2.75) is 55.4 Å². The highest BCUT2D eigenvalue weighted by Gasteiger charge is 2.61. The SMILES string of the molecule is CN(C)C1NCNC2C1C1C(CCN1C)N2[C@@H]1O[C@H](CO)[C@@H](O)[C@H]1O. The fourth-order valence-electron chi connectivity index (χ4n) is 5.42. The van der Waals surface area contributed by atoms with Crippen LogP contribution in [0.4, 0.5) is 0 Å². The van der Waals surface area contributed by atoms with Gasteiger partial charge in [-0.15, -0.1) is 0 Å². The van der Waals surface area contributed by atoms with Gasteiger partial charge in [-0.2, -0.15) is 0 Å². The summed E-state index contributed by atoms with van der Waals surface area (Å²) >= 11 is 0. The van der Waals surface area contributed by atoms with E-state index in [1.807, 2.05) is 0 Å². The summed E-state index contributed by atoms with van der Waals surface area (Å²) in [5.74, 6) is 0.308. The van der Waals surface area contributed by atoms with Gasteiger partial charge in [0.25, 0.3) is 0 Å². The van der Waals surface area contributed by atoms with Crippen LogP contribution in [0, 0.1) is 5.92 Å². The predicted molar refractivity (Wildman–Crippen MR) is 90.3 cm³/mol. The molecule has 9 nitrogen and oxygen atoms in total. The predicted octanol–water partition coefficient (Wildman–Crippen LogP) is -3.21. The van der Waals surface area contributed by atoms with Crippen molar-refractivity contribution in [3.63, 3.8) is 0 Å². The minimum atomic E-state index is -1.06. The molecule has 5 unspecified atom stereocenters. The van der Waals surface area contributed by atoms with Gasteiger partial charge in [0.05, 0.1) is 18.9 Å². The maximum Gasteiger partial charge on any atom is 0.141 e. The summed E-state index contributed by atoms with van der Waals surface area (Å²) < 4.78 is 5.89. The number of rotatable bonds is 3. The number of hydrogen-bond acceptors (Lipinski definition) is 9. The first-order chi connectivity index (χ1) is 12.0. The summed E-state index contributed by atoms with van der Waals surface area (Å²) in [6.45, 7) is 1.39. The molecule has 0 aromatic carbocycles. The highest BCUT2D eigenvalue weighted by atomic mass is 16.6. The van der Waals surface area contributed by atoms with Crippen molar-refractivity contribution in [1.82, 2.24) is 25.3 Å². The molecule has 0 spiro atoms. The smallest absolute Gasteiger partial charge is 0.141 e. The van der Waals surface area contributed by atoms with Crippen LogP contribution in [0.3, 0.4) is 0 Å². The molecule has 144 valence electrons. The van der Waals surface area contributed by atoms with Crippen molar-refractivity contribution in [2.24, 2.45) is 5.92 Å². The van der Waals surface area contributed by atoms with E-state index in [-0.39, 0.29) is 25.0 Å². The maximum atomic E-state index is 10.6. The third-order valence-corrected chi connectivity index (χ3v) is 6.50. The largest absolute Gasteiger partial charge is 0.394 e. The van der Waals surface area contributed by atoms with Gasteiger partial charge in [-0.3, -0.25) is 20.4 Å². The van der Waals surface area contributed by atoms with E-state index < -0.39 is 24.5 Å². The summed E-state index contributed by atoms with van der Waals surface area (Å²) in [5, 5.41) is 37.3. The van der Waals surface area contributed by atoms with Gasteiger partial charge in [0, 0.05) is 24.7 Å². The Bertz CT molecular complexity index is 497. The standard InChI is InChI=1S/C16H31N5O4/c1-19(2)14-10-11-8(4-5-20(11)3)21(15(10)18-7-17-14)16-13(24)12(23)9(6-22)25-16/h8-18,22-24H,4-7H2,1-3H3/t8?,9-,10?,11?,12-,13-,14?,15?,16-/m1/s1. The first-order valence-electron chi connectivity index (χ1n) is 9.19. The normalized spacial score (nSPS) is 51.2. The summed E-state index contributed by atoms with van der Waals surface area (Å²) in [6, 6.07) is 0.595. The zero-order valence-corrected chi connectivity index (χ0v) is 15.1. The molecule has 0 radical (unpaired) electrons. The molecule has 0 aromatic heterocycles. The molecular formula is C16H31N5O4. The molecule has 0 saturated carbocycles. The van der Waals surface area contributed by atoms with E-state index in [4.69, 9.17) is 4.74 Å². The van der Waals surface area contributed by atoms with Crippen LogP contribution in [0.5, 0.6) is 0 Å². The van der Waals surface area contributed by atoms with Crippen LogP contribution in [0.15, 0.2) is 0 Å². The Labute approximate surface area is 148 Å². The number of fused-ring (bicyclic) bond motifs is 3. The Morgan fingerprint density at radius 1 is 1.20 bits per heavy atom. The van der Waals surface area contributed by atoms with Gasteiger partial charge in [-0.05, 0) is 34.1 Å². The third-order valence-electron chi connectivity index (χ3n) is 6.50. The van der Waals surface area contributed by atoms with Gasteiger partial charge in [0.15, 0.2) is 0 Å². The Morgan fingerprint density at radius 3 is 2.60 bits per heavy atom. The van der Waals surface area contributed by atoms with Crippen LogP contribution in [-0.2, 0) is 4.74 Å². The molecule has 0 aliphatic carbocycles. The molecular weight excluding hydrogens is 326 g/mol. The molecule has 4 heterocycles. The van der Waals surface area contributed by atoms with Crippen LogP contribution in [0.2, 0.25) is 0 Å². The Balaban J connectivity index is 1.66. The minimum Gasteiger partial charge on any atom is -0.394 e. The van der Waals surface area contributed by atoms with Crippen molar-refractivity contribution in [2.75, 3.05) is 41.0 Å². The first kappa shape index (κ1) is 18.0. The van der Waals surface area contributed by atoms with E-state index >= 15 is 0 Å². The number of nitrogens with zero attached hydrogens (tertiary/aromatic N) is 3. The summed E-state index contributed by atoms with van der Waals surface area (Å²) in [4.78, 5) is 6.83. The Hall–Kier alpha value is -0.360. The number of hydrogen-bond donors (Lipinski definition) is 5. The van der Waals surface area contributed by atoms with Gasteiger partial charge >= 0.3 is 0 Å². The fraction of sp³-hybridized carbons (Fsp3) is 1.00. The van der Waals surface area contributed by atoms with Crippen LogP contribution in [0.25, 0.3) is 0 Å². The van der Waals surface area contributed by atoms with Crippen LogP contribution in [-0.4, -0.2) is 120 Å². The average Bonchev–Trinajstić information content (AvgIpc) is 3.21. The van der Waals surface area contributed by atoms with E-state index in [1.54, 1.807) is 0 Å². The zero-order chi connectivity index (χ0) is 17.9. The molecule has 0 amide bonds. The van der Waals surface area contributed by atoms with Crippen molar-refractivity contribution in [1.29, 1.82) is 0 Å². The highest BCUT2D eigenvalue weighted by molar-refractivity contribution is 5.13. The second-order valence-electron chi connectivity index (χ2n) is 8.02. The number of aliphatic hydroxyl groups excluding tert-OH is 3. The van der Waals surface area contributed by atoms with Crippen LogP contribution in [0.1, 0.15) is 6.42 Å². The van der Waals surface area contributed by atoms with Crippen LogP contribution >= 0.6 is 0 Å². The Kier molecular flexibility index (Phi) is 4.80. The molecule has 9 atom stereocenters. The van der Waals surface area contributed by atoms with Gasteiger partial charge in [-0.1, -0.05) is 0 Å². The zero-order valence-electron chi connectivity index (χ0n) is 15.1. The number of likely N-dealkylation sites (N-methyl/N-ethyl adjacent to an activating group) is 1. The second-order valence-corrected chi connectivity index (χ2v) is 8.02. The quantitative estimate of drug-likeness (QED) is 0.357. The van der Waals surface area contributed by atoms with Crippen LogP contribution < -0.4 is 10.6 Å². The molecule has 4 aliphatic heterocycles. The molecule has 4 aliphatic rings. The summed E-state index contributed by atoms with van der Waals surface area (Å²) in [7, 11) is 6.32. The fourth-order valence-corrected chi connectivity index (χ4v) is 5.42. The maximum absolute atomic E-state index is 10.6. The average molecular weight is 357 g/mol. The van der Waals surface area contributed by atoms with E-state index in [0.29, 0.717) is 18.6 Å². The van der Waals surface area contributed by atoms with Gasteiger partial charge in [0.2, 0.25) is 0 Å². The lowest BCUT2D eigenvalue weighted by atomic mass is 9.92. The summed E-state index contributed by atoms with van der Waals surface area (Å²) in [5.41, 5.74) is 0. The molecule has 0 aromatic rings. The minimum absolute atomic E-state index is 0.0516. The van der Waals surface area contributed by atoms with E-state index in [2.05, 4.69) is 46.5 Å². The second kappa shape index (κ2) is 6.66. The third kappa shape index (κ3) is 2.65. The van der Waals surface area contributed by atoms with Crippen molar-refractivity contribution >= 4 is 0 Å². The topological polar surface area (TPSA) is 104 Å².